The van der Waals surface area contributed by atoms with Gasteiger partial charge < -0.3 is 0 Å². The van der Waals surface area contributed by atoms with Crippen molar-refractivity contribution in [2.45, 2.75) is 6.54 Å². The Morgan fingerprint density at radius 3 is 2.71 bits per heavy atom. The van der Waals surface area contributed by atoms with E-state index in [9.17, 15) is 0 Å². The first-order valence-electron chi connectivity index (χ1n) is 6.23. The Hall–Kier alpha value is -0.540. The smallest absolute Gasteiger partial charge is 0.138 e. The van der Waals surface area contributed by atoms with Gasteiger partial charge in [-0.3, -0.25) is 9.47 Å². The predicted molar refractivity (Wildman–Crippen MR) is 68.0 cm³/mol. The normalized spacial score (nSPS) is 42.9. The second-order valence-corrected chi connectivity index (χ2v) is 7.87. The van der Waals surface area contributed by atoms with Gasteiger partial charge in [0, 0.05) is 18.8 Å². The predicted octanol–water partition coefficient (Wildman–Crippen LogP) is 1.27. The summed E-state index contributed by atoms with van der Waals surface area (Å²) in [4.78, 5) is 9.80. The number of rotatable bonds is 2. The van der Waals surface area contributed by atoms with E-state index in [0.29, 0.717) is 0 Å². The standard InChI is InChI=1S/C12H18N4P/c1-2-4-13-12(3-1)5-16-7-14-6-15(8-16)10-17(9-14)11-16/h1-4H,5-11H2/q+1. The average molecular weight is 249 g/mol. The zero-order chi connectivity index (χ0) is 11.3. The van der Waals surface area contributed by atoms with Gasteiger partial charge in [-0.1, -0.05) is 6.07 Å². The molecule has 17 heavy (non-hydrogen) atoms. The molecule has 0 amide bonds. The molecule has 1 aromatic heterocycles. The highest BCUT2D eigenvalue weighted by Crippen LogP contribution is 2.51. The monoisotopic (exact) mass is 249 g/mol. The Balaban J connectivity index is 1.61. The van der Waals surface area contributed by atoms with Crippen LogP contribution in [0.1, 0.15) is 5.69 Å². The topological polar surface area (TPSA) is 19.4 Å². The first-order chi connectivity index (χ1) is 8.31. The van der Waals surface area contributed by atoms with Crippen molar-refractivity contribution in [1.29, 1.82) is 0 Å². The van der Waals surface area contributed by atoms with E-state index in [0.717, 1.165) is 6.54 Å². The number of aromatic nitrogens is 1. The second kappa shape index (κ2) is 3.72. The Kier molecular flexibility index (Phi) is 2.28. The number of quaternary nitrogens is 1. The van der Waals surface area contributed by atoms with Crippen LogP contribution in [0.3, 0.4) is 0 Å². The van der Waals surface area contributed by atoms with Crippen molar-refractivity contribution < 1.29 is 4.48 Å². The molecule has 90 valence electrons. The Morgan fingerprint density at radius 2 is 2.06 bits per heavy atom. The van der Waals surface area contributed by atoms with Crippen molar-refractivity contribution in [3.05, 3.63) is 30.1 Å². The van der Waals surface area contributed by atoms with Gasteiger partial charge in [-0.15, -0.1) is 0 Å². The van der Waals surface area contributed by atoms with Gasteiger partial charge in [0.25, 0.3) is 0 Å². The van der Waals surface area contributed by atoms with Crippen LogP contribution in [-0.2, 0) is 6.54 Å². The zero-order valence-electron chi connectivity index (χ0n) is 10.00. The van der Waals surface area contributed by atoms with Crippen molar-refractivity contribution in [2.24, 2.45) is 0 Å². The van der Waals surface area contributed by atoms with Gasteiger partial charge in [-0.25, -0.2) is 9.80 Å². The molecule has 5 heterocycles. The van der Waals surface area contributed by atoms with Crippen LogP contribution < -0.4 is 0 Å². The zero-order valence-corrected chi connectivity index (χ0v) is 10.9. The van der Waals surface area contributed by atoms with Gasteiger partial charge >= 0.3 is 0 Å². The van der Waals surface area contributed by atoms with E-state index in [1.165, 1.54) is 49.0 Å². The molecule has 4 bridgehead atoms. The van der Waals surface area contributed by atoms with Crippen LogP contribution in [0.25, 0.3) is 0 Å². The quantitative estimate of drug-likeness (QED) is 0.581. The lowest BCUT2D eigenvalue weighted by molar-refractivity contribution is -0.960. The van der Waals surface area contributed by atoms with Crippen molar-refractivity contribution in [2.75, 3.05) is 38.9 Å². The molecule has 4 aliphatic heterocycles. The number of nitrogens with zero attached hydrogens (tertiary/aromatic N) is 4. The molecule has 4 aliphatic rings. The minimum absolute atomic E-state index is 0.240. The summed E-state index contributed by atoms with van der Waals surface area (Å²) in [5.41, 5.74) is 1.26. The van der Waals surface area contributed by atoms with Crippen molar-refractivity contribution in [3.8, 4) is 0 Å². The van der Waals surface area contributed by atoms with Crippen molar-refractivity contribution >= 4 is 7.92 Å². The molecule has 0 aromatic carbocycles. The van der Waals surface area contributed by atoms with E-state index < -0.39 is 0 Å². The summed E-state index contributed by atoms with van der Waals surface area (Å²) in [5.74, 6) is 0. The van der Waals surface area contributed by atoms with Crippen molar-refractivity contribution in [1.82, 2.24) is 14.8 Å². The second-order valence-electron chi connectivity index (χ2n) is 5.68. The summed E-state index contributed by atoms with van der Waals surface area (Å²) in [7, 11) is 0.240. The van der Waals surface area contributed by atoms with Crippen LogP contribution in [0.2, 0.25) is 0 Å². The maximum atomic E-state index is 4.51. The summed E-state index contributed by atoms with van der Waals surface area (Å²) in [6, 6.07) is 6.29. The van der Waals surface area contributed by atoms with E-state index in [1.807, 2.05) is 12.3 Å². The lowest BCUT2D eigenvalue weighted by Gasteiger charge is -2.59. The number of hydrogen-bond acceptors (Lipinski definition) is 3. The van der Waals surface area contributed by atoms with Crippen molar-refractivity contribution in [3.63, 3.8) is 0 Å². The molecule has 1 aromatic rings. The Labute approximate surface area is 103 Å². The summed E-state index contributed by atoms with van der Waals surface area (Å²) in [6.45, 7) is 4.81. The molecule has 0 aliphatic carbocycles. The van der Waals surface area contributed by atoms with Crippen LogP contribution in [0, 0.1) is 0 Å². The van der Waals surface area contributed by atoms with E-state index in [1.54, 1.807) is 0 Å². The third-order valence-corrected chi connectivity index (χ3v) is 6.52. The molecular formula is C12H18N4P+. The lowest BCUT2D eigenvalue weighted by atomic mass is 10.3. The molecule has 4 saturated heterocycles. The van der Waals surface area contributed by atoms with Gasteiger partial charge in [0.05, 0.1) is 12.4 Å². The minimum Gasteiger partial charge on any atom is -0.290 e. The molecule has 5 rings (SSSR count). The fraction of sp³-hybridized carbons (Fsp3) is 0.583. The average Bonchev–Trinajstić information content (AvgIpc) is 2.27. The molecule has 0 saturated carbocycles. The summed E-state index contributed by atoms with van der Waals surface area (Å²) in [6.07, 6.45) is 6.10. The molecule has 4 fully saturated rings. The first-order valence-corrected chi connectivity index (χ1v) is 8.13. The number of pyridine rings is 1. The van der Waals surface area contributed by atoms with Crippen LogP contribution in [0.5, 0.6) is 0 Å². The highest BCUT2D eigenvalue weighted by atomic mass is 31.1. The fourth-order valence-corrected chi connectivity index (χ4v) is 6.53. The molecule has 0 spiro atoms. The fourth-order valence-electron chi connectivity index (χ4n) is 3.64. The third-order valence-electron chi connectivity index (χ3n) is 3.92. The van der Waals surface area contributed by atoms with E-state index in [-0.39, 0.29) is 7.92 Å². The van der Waals surface area contributed by atoms with Crippen LogP contribution in [0.4, 0.5) is 0 Å². The van der Waals surface area contributed by atoms with Gasteiger partial charge in [0.2, 0.25) is 0 Å². The summed E-state index contributed by atoms with van der Waals surface area (Å²) in [5, 5.41) is 0. The molecule has 2 unspecified atom stereocenters. The lowest BCUT2D eigenvalue weighted by Crippen LogP contribution is -2.71. The Bertz CT molecular complexity index is 386. The SMILES string of the molecule is c1ccc(C[N+]23CN4CN(CP(C4)C2)C3)nc1. The molecule has 0 N–H and O–H groups in total. The van der Waals surface area contributed by atoms with Gasteiger partial charge in [0.15, 0.2) is 0 Å². The summed E-state index contributed by atoms with van der Waals surface area (Å²) < 4.78 is 1.24. The molecule has 2 atom stereocenters. The van der Waals surface area contributed by atoms with Crippen LogP contribution in [-0.4, -0.2) is 58.1 Å². The van der Waals surface area contributed by atoms with Gasteiger partial charge in [-0.2, -0.15) is 0 Å². The van der Waals surface area contributed by atoms with E-state index in [2.05, 4.69) is 26.9 Å². The molecule has 5 heteroatoms. The van der Waals surface area contributed by atoms with Gasteiger partial charge in [0.1, 0.15) is 26.2 Å². The molecule has 0 radical (unpaired) electrons. The molecular weight excluding hydrogens is 231 g/mol. The van der Waals surface area contributed by atoms with E-state index >= 15 is 0 Å². The minimum atomic E-state index is 0.240. The Morgan fingerprint density at radius 1 is 1.24 bits per heavy atom. The molecule has 4 nitrogen and oxygen atoms in total. The van der Waals surface area contributed by atoms with Crippen LogP contribution >= 0.6 is 7.92 Å². The largest absolute Gasteiger partial charge is 0.290 e. The maximum Gasteiger partial charge on any atom is 0.138 e. The van der Waals surface area contributed by atoms with E-state index in [4.69, 9.17) is 0 Å². The summed E-state index contributed by atoms with van der Waals surface area (Å²) >= 11 is 0. The first kappa shape index (κ1) is 10.4. The van der Waals surface area contributed by atoms with Crippen LogP contribution in [0.15, 0.2) is 24.4 Å². The van der Waals surface area contributed by atoms with Gasteiger partial charge in [-0.05, 0) is 20.1 Å². The highest BCUT2D eigenvalue weighted by Gasteiger charge is 2.49. The maximum absolute atomic E-state index is 4.51. The third kappa shape index (κ3) is 1.80. The highest BCUT2D eigenvalue weighted by molar-refractivity contribution is 7.57. The number of hydrogen-bond donors (Lipinski definition) is 0.